The van der Waals surface area contributed by atoms with Crippen LogP contribution in [0.2, 0.25) is 5.02 Å². The number of aromatic nitrogens is 2. The van der Waals surface area contributed by atoms with Crippen LogP contribution in [0.25, 0.3) is 11.5 Å². The number of fused-ring (bicyclic) bond motifs is 1. The highest BCUT2D eigenvalue weighted by Gasteiger charge is 2.30. The van der Waals surface area contributed by atoms with E-state index in [9.17, 15) is 4.79 Å². The highest BCUT2D eigenvalue weighted by Crippen LogP contribution is 2.31. The Morgan fingerprint density at radius 1 is 1.21 bits per heavy atom. The number of ether oxygens (including phenoxy) is 3. The van der Waals surface area contributed by atoms with E-state index in [-0.39, 0.29) is 18.5 Å². The minimum atomic E-state index is -0.678. The molecular formula is C21H19ClN2O5. The summed E-state index contributed by atoms with van der Waals surface area (Å²) in [5.41, 5.74) is 1.63. The summed E-state index contributed by atoms with van der Waals surface area (Å²) in [4.78, 5) is 12.6. The summed E-state index contributed by atoms with van der Waals surface area (Å²) in [6, 6.07) is 12.6. The first-order valence-electron chi connectivity index (χ1n) is 9.13. The molecule has 7 nitrogen and oxygen atoms in total. The molecule has 0 saturated heterocycles. The van der Waals surface area contributed by atoms with Crippen molar-refractivity contribution in [2.24, 2.45) is 5.92 Å². The number of methoxy groups -OCH3 is 1. The standard InChI is InChI=1S/C21H19ClN2O5/c1-12(19-23-24-20(29-19)13-3-6-17(26-2)7-4-13)28-21(25)15-9-14-10-16(22)5-8-18(14)27-11-15/h3-8,10,12,15H,9,11H2,1-2H3/t12-,15-/m1/s1. The van der Waals surface area contributed by atoms with Gasteiger partial charge in [-0.05, 0) is 61.4 Å². The summed E-state index contributed by atoms with van der Waals surface area (Å²) in [6.45, 7) is 1.94. The Morgan fingerprint density at radius 2 is 2.00 bits per heavy atom. The molecule has 0 amide bonds. The Bertz CT molecular complexity index is 1020. The van der Waals surface area contributed by atoms with Gasteiger partial charge in [0.15, 0.2) is 6.10 Å². The second-order valence-corrected chi connectivity index (χ2v) is 7.15. The molecule has 0 unspecified atom stereocenters. The van der Waals surface area contributed by atoms with E-state index in [2.05, 4.69) is 10.2 Å². The van der Waals surface area contributed by atoms with Crippen molar-refractivity contribution in [1.82, 2.24) is 10.2 Å². The second kappa shape index (κ2) is 8.13. The van der Waals surface area contributed by atoms with E-state index in [0.29, 0.717) is 17.3 Å². The molecule has 1 aliphatic heterocycles. The molecule has 150 valence electrons. The Labute approximate surface area is 172 Å². The number of carbonyl (C=O) groups excluding carboxylic acids is 1. The molecule has 29 heavy (non-hydrogen) atoms. The Kier molecular flexibility index (Phi) is 5.40. The van der Waals surface area contributed by atoms with E-state index >= 15 is 0 Å². The van der Waals surface area contributed by atoms with Crippen LogP contribution in [0.4, 0.5) is 0 Å². The van der Waals surface area contributed by atoms with Gasteiger partial charge in [-0.3, -0.25) is 4.79 Å². The van der Waals surface area contributed by atoms with Crippen molar-refractivity contribution >= 4 is 17.6 Å². The molecular weight excluding hydrogens is 396 g/mol. The SMILES string of the molecule is COc1ccc(-c2nnc([C@@H](C)OC(=O)[C@H]3COc4ccc(Cl)cc4C3)o2)cc1. The van der Waals surface area contributed by atoms with Gasteiger partial charge in [0.05, 0.1) is 13.0 Å². The molecule has 0 fully saturated rings. The molecule has 0 spiro atoms. The monoisotopic (exact) mass is 414 g/mol. The minimum absolute atomic E-state index is 0.226. The Hall–Kier alpha value is -3.06. The van der Waals surface area contributed by atoms with Gasteiger partial charge in [-0.15, -0.1) is 10.2 Å². The van der Waals surface area contributed by atoms with Gasteiger partial charge < -0.3 is 18.6 Å². The first kappa shape index (κ1) is 19.3. The zero-order valence-electron chi connectivity index (χ0n) is 15.9. The van der Waals surface area contributed by atoms with E-state index in [1.807, 2.05) is 12.1 Å². The zero-order valence-corrected chi connectivity index (χ0v) is 16.7. The molecule has 8 heteroatoms. The summed E-state index contributed by atoms with van der Waals surface area (Å²) in [5, 5.41) is 8.64. The summed E-state index contributed by atoms with van der Waals surface area (Å²) < 4.78 is 22.0. The summed E-state index contributed by atoms with van der Waals surface area (Å²) in [5.74, 6) is 1.24. The van der Waals surface area contributed by atoms with Crippen LogP contribution < -0.4 is 9.47 Å². The van der Waals surface area contributed by atoms with Gasteiger partial charge in [0, 0.05) is 10.6 Å². The van der Waals surface area contributed by atoms with Crippen LogP contribution in [0.5, 0.6) is 11.5 Å². The van der Waals surface area contributed by atoms with Crippen molar-refractivity contribution in [3.05, 3.63) is 58.9 Å². The first-order chi connectivity index (χ1) is 14.0. The molecule has 1 aromatic heterocycles. The molecule has 1 aliphatic rings. The number of esters is 1. The molecule has 3 aromatic rings. The lowest BCUT2D eigenvalue weighted by molar-refractivity contribution is -0.156. The quantitative estimate of drug-likeness (QED) is 0.577. The molecule has 0 saturated carbocycles. The van der Waals surface area contributed by atoms with E-state index < -0.39 is 12.0 Å². The highest BCUT2D eigenvalue weighted by atomic mass is 35.5. The predicted molar refractivity (Wildman–Crippen MR) is 105 cm³/mol. The number of nitrogens with zero attached hydrogens (tertiary/aromatic N) is 2. The molecule has 0 radical (unpaired) electrons. The third kappa shape index (κ3) is 4.19. The van der Waals surface area contributed by atoms with Crippen molar-refractivity contribution in [3.8, 4) is 23.0 Å². The van der Waals surface area contributed by atoms with E-state index in [1.165, 1.54) is 0 Å². The van der Waals surface area contributed by atoms with Crippen LogP contribution >= 0.6 is 11.6 Å². The number of halogens is 1. The number of hydrogen-bond donors (Lipinski definition) is 0. The smallest absolute Gasteiger partial charge is 0.313 e. The molecule has 0 N–H and O–H groups in total. The maximum atomic E-state index is 12.6. The lowest BCUT2D eigenvalue weighted by atomic mass is 9.97. The number of hydrogen-bond acceptors (Lipinski definition) is 7. The maximum Gasteiger partial charge on any atom is 0.313 e. The Morgan fingerprint density at radius 3 is 2.76 bits per heavy atom. The second-order valence-electron chi connectivity index (χ2n) is 6.72. The van der Waals surface area contributed by atoms with Gasteiger partial charge in [-0.25, -0.2) is 0 Å². The first-order valence-corrected chi connectivity index (χ1v) is 9.51. The van der Waals surface area contributed by atoms with Crippen LogP contribution in [-0.4, -0.2) is 29.9 Å². The van der Waals surface area contributed by atoms with Crippen molar-refractivity contribution in [1.29, 1.82) is 0 Å². The van der Waals surface area contributed by atoms with Gasteiger partial charge in [0.2, 0.25) is 5.89 Å². The average molecular weight is 415 g/mol. The predicted octanol–water partition coefficient (Wildman–Crippen LogP) is 4.25. The fourth-order valence-electron chi connectivity index (χ4n) is 3.08. The Balaban J connectivity index is 1.41. The summed E-state index contributed by atoms with van der Waals surface area (Å²) in [7, 11) is 1.60. The zero-order chi connectivity index (χ0) is 20.4. The molecule has 0 bridgehead atoms. The fraction of sp³-hybridized carbons (Fsp3) is 0.286. The fourth-order valence-corrected chi connectivity index (χ4v) is 3.28. The number of benzene rings is 2. The van der Waals surface area contributed by atoms with Crippen LogP contribution in [0.1, 0.15) is 24.5 Å². The molecule has 2 aromatic carbocycles. The van der Waals surface area contributed by atoms with E-state index in [0.717, 1.165) is 22.6 Å². The molecule has 4 rings (SSSR count). The number of carbonyl (C=O) groups is 1. The summed E-state index contributed by atoms with van der Waals surface area (Å²) in [6.07, 6.45) is -0.176. The van der Waals surface area contributed by atoms with Crippen molar-refractivity contribution < 1.29 is 23.4 Å². The van der Waals surface area contributed by atoms with Gasteiger partial charge in [0.1, 0.15) is 18.1 Å². The minimum Gasteiger partial charge on any atom is -0.497 e. The van der Waals surface area contributed by atoms with Crippen LogP contribution in [0.3, 0.4) is 0 Å². The molecule has 2 atom stereocenters. The topological polar surface area (TPSA) is 83.7 Å². The van der Waals surface area contributed by atoms with Crippen LogP contribution in [-0.2, 0) is 16.0 Å². The van der Waals surface area contributed by atoms with Crippen molar-refractivity contribution in [2.45, 2.75) is 19.4 Å². The van der Waals surface area contributed by atoms with Crippen LogP contribution in [0.15, 0.2) is 46.9 Å². The maximum absolute atomic E-state index is 12.6. The van der Waals surface area contributed by atoms with Gasteiger partial charge in [-0.1, -0.05) is 11.6 Å². The van der Waals surface area contributed by atoms with E-state index in [4.69, 9.17) is 30.2 Å². The summed E-state index contributed by atoms with van der Waals surface area (Å²) >= 11 is 6.03. The highest BCUT2D eigenvalue weighted by molar-refractivity contribution is 6.30. The van der Waals surface area contributed by atoms with E-state index in [1.54, 1.807) is 44.4 Å². The lowest BCUT2D eigenvalue weighted by Crippen LogP contribution is -2.30. The van der Waals surface area contributed by atoms with Crippen LogP contribution in [0, 0.1) is 5.92 Å². The largest absolute Gasteiger partial charge is 0.497 e. The third-order valence-corrected chi connectivity index (χ3v) is 4.92. The normalized spacial score (nSPS) is 16.4. The van der Waals surface area contributed by atoms with Crippen molar-refractivity contribution in [3.63, 3.8) is 0 Å². The van der Waals surface area contributed by atoms with Gasteiger partial charge >= 0.3 is 5.97 Å². The molecule has 2 heterocycles. The molecule has 0 aliphatic carbocycles. The van der Waals surface area contributed by atoms with Gasteiger partial charge in [-0.2, -0.15) is 0 Å². The number of rotatable bonds is 5. The lowest BCUT2D eigenvalue weighted by Gasteiger charge is -2.24. The van der Waals surface area contributed by atoms with Gasteiger partial charge in [0.25, 0.3) is 5.89 Å². The average Bonchev–Trinajstić information content (AvgIpc) is 3.23. The van der Waals surface area contributed by atoms with Crippen molar-refractivity contribution in [2.75, 3.05) is 13.7 Å². The third-order valence-electron chi connectivity index (χ3n) is 4.68.